The Bertz CT molecular complexity index is 1730. The Balaban J connectivity index is 1.21. The molecule has 2 aliphatic rings. The van der Waals surface area contributed by atoms with E-state index in [1.807, 2.05) is 0 Å². The van der Waals surface area contributed by atoms with Crippen molar-refractivity contribution in [2.45, 2.75) is 36.9 Å². The van der Waals surface area contributed by atoms with Gasteiger partial charge in [-0.3, -0.25) is 23.7 Å². The van der Waals surface area contributed by atoms with E-state index in [0.29, 0.717) is 47.6 Å². The molecule has 1 aliphatic heterocycles. The van der Waals surface area contributed by atoms with Gasteiger partial charge in [-0.1, -0.05) is 23.7 Å². The van der Waals surface area contributed by atoms with Crippen LogP contribution in [0.15, 0.2) is 77.9 Å². The molecule has 2 fully saturated rings. The highest BCUT2D eigenvalue weighted by Gasteiger charge is 2.53. The number of methoxy groups -OCH3 is 1. The number of H-pyrrole nitrogens is 1. The lowest BCUT2D eigenvalue weighted by atomic mass is 9.97. The maximum Gasteiger partial charge on any atom is 0.255 e. The summed E-state index contributed by atoms with van der Waals surface area (Å²) in [4.78, 5) is 56.9. The first-order chi connectivity index (χ1) is 20.3. The van der Waals surface area contributed by atoms with Gasteiger partial charge >= 0.3 is 0 Å². The number of hydrogen-bond acceptors (Lipinski definition) is 5. The summed E-state index contributed by atoms with van der Waals surface area (Å²) in [6.45, 7) is 0.649. The van der Waals surface area contributed by atoms with Gasteiger partial charge in [0.2, 0.25) is 0 Å². The van der Waals surface area contributed by atoms with E-state index in [2.05, 4.69) is 15.6 Å². The minimum absolute atomic E-state index is 0.0965. The summed E-state index contributed by atoms with van der Waals surface area (Å²) in [6, 6.07) is 15.8. The average molecular weight is 588 g/mol. The molecule has 216 valence electrons. The van der Waals surface area contributed by atoms with Crippen molar-refractivity contribution in [2.24, 2.45) is 0 Å². The number of halogens is 1. The summed E-state index contributed by atoms with van der Waals surface area (Å²) in [5, 5.41) is 7.50. The molecule has 10 nitrogen and oxygen atoms in total. The van der Waals surface area contributed by atoms with E-state index in [1.54, 1.807) is 79.0 Å². The summed E-state index contributed by atoms with van der Waals surface area (Å²) in [5.74, 6) is -0.739. The number of hydrogen-bond donors (Lipinski definition) is 3. The van der Waals surface area contributed by atoms with Crippen LogP contribution in [0.2, 0.25) is 5.02 Å². The van der Waals surface area contributed by atoms with Crippen LogP contribution in [0.5, 0.6) is 0 Å². The van der Waals surface area contributed by atoms with Gasteiger partial charge in [-0.15, -0.1) is 0 Å². The number of pyridine rings is 1. The number of benzene rings is 2. The second kappa shape index (κ2) is 11.1. The summed E-state index contributed by atoms with van der Waals surface area (Å²) >= 11 is 6.18. The lowest BCUT2D eigenvalue weighted by Gasteiger charge is -2.40. The van der Waals surface area contributed by atoms with Crippen molar-refractivity contribution in [3.05, 3.63) is 99.6 Å². The lowest BCUT2D eigenvalue weighted by molar-refractivity contribution is -0.146. The molecular formula is C31H30ClN5O5. The van der Waals surface area contributed by atoms with Crippen LogP contribution in [0.3, 0.4) is 0 Å². The molecule has 11 heteroatoms. The van der Waals surface area contributed by atoms with Gasteiger partial charge in [-0.2, -0.15) is 0 Å². The number of carbonyl (C=O) groups excluding carboxylic acids is 3. The molecule has 4 aromatic rings. The van der Waals surface area contributed by atoms with Crippen LogP contribution in [0.25, 0.3) is 16.6 Å². The Morgan fingerprint density at radius 3 is 2.40 bits per heavy atom. The molecular weight excluding hydrogens is 558 g/mol. The van der Waals surface area contributed by atoms with Crippen molar-refractivity contribution in [3.63, 3.8) is 0 Å². The zero-order chi connectivity index (χ0) is 29.4. The van der Waals surface area contributed by atoms with Gasteiger partial charge in [0, 0.05) is 66.4 Å². The van der Waals surface area contributed by atoms with Gasteiger partial charge in [0.05, 0.1) is 17.1 Å². The highest BCUT2D eigenvalue weighted by molar-refractivity contribution is 6.35. The second-order valence-electron chi connectivity index (χ2n) is 10.8. The number of nitrogens with zero attached hydrogens (tertiary/aromatic N) is 2. The highest BCUT2D eigenvalue weighted by atomic mass is 35.5. The van der Waals surface area contributed by atoms with Crippen molar-refractivity contribution in [1.82, 2.24) is 25.1 Å². The summed E-state index contributed by atoms with van der Waals surface area (Å²) in [6.07, 6.45) is 5.11. The number of fused-ring (bicyclic) bond motifs is 1. The standard InChI is InChI=1S/C31H30ClN5O5/c1-42-31(12-13-31)30(41)36-15-11-24(34-29(40)20-7-10-22-23(32)17-33-25(22)16-20)26(18-36)35-28(39)19-5-8-21(9-6-19)37-14-3-2-4-27(37)38/h2-10,14,16-17,24,26,33H,11-13,15,18H2,1H3,(H,34,40)(H,35,39)/t24-,26+/m1/s1. The number of carbonyl (C=O) groups is 3. The largest absolute Gasteiger partial charge is 0.368 e. The van der Waals surface area contributed by atoms with Crippen LogP contribution in [0.1, 0.15) is 40.0 Å². The predicted octanol–water partition coefficient (Wildman–Crippen LogP) is 3.28. The third-order valence-corrected chi connectivity index (χ3v) is 8.45. The first kappa shape index (κ1) is 27.7. The zero-order valence-corrected chi connectivity index (χ0v) is 23.7. The predicted molar refractivity (Wildman–Crippen MR) is 158 cm³/mol. The smallest absolute Gasteiger partial charge is 0.255 e. The monoisotopic (exact) mass is 587 g/mol. The number of nitrogens with one attached hydrogen (secondary N) is 3. The Kier molecular flexibility index (Phi) is 7.34. The molecule has 2 atom stereocenters. The maximum atomic E-state index is 13.4. The number of amides is 3. The minimum atomic E-state index is -0.789. The fourth-order valence-electron chi connectivity index (χ4n) is 5.51. The number of aromatic amines is 1. The first-order valence-corrected chi connectivity index (χ1v) is 14.2. The van der Waals surface area contributed by atoms with Gasteiger partial charge < -0.3 is 25.3 Å². The fourth-order valence-corrected chi connectivity index (χ4v) is 5.73. The number of ether oxygens (including phenoxy) is 1. The van der Waals surface area contributed by atoms with Gasteiger partial charge in [0.1, 0.15) is 5.60 Å². The normalized spacial score (nSPS) is 19.3. The summed E-state index contributed by atoms with van der Waals surface area (Å²) < 4.78 is 6.99. The van der Waals surface area contributed by atoms with Crippen LogP contribution < -0.4 is 16.2 Å². The van der Waals surface area contributed by atoms with E-state index in [4.69, 9.17) is 16.3 Å². The van der Waals surface area contributed by atoms with Crippen LogP contribution in [0, 0.1) is 0 Å². The highest BCUT2D eigenvalue weighted by Crippen LogP contribution is 2.41. The van der Waals surface area contributed by atoms with Crippen molar-refractivity contribution in [3.8, 4) is 5.69 Å². The van der Waals surface area contributed by atoms with Crippen LogP contribution in [0.4, 0.5) is 0 Å². The van der Waals surface area contributed by atoms with Crippen molar-refractivity contribution >= 4 is 40.2 Å². The van der Waals surface area contributed by atoms with Gasteiger partial charge in [-0.05, 0) is 61.7 Å². The van der Waals surface area contributed by atoms with Crippen LogP contribution >= 0.6 is 11.6 Å². The quantitative estimate of drug-likeness (QED) is 0.306. The molecule has 1 aliphatic carbocycles. The van der Waals surface area contributed by atoms with Crippen LogP contribution in [-0.4, -0.2) is 70.1 Å². The van der Waals surface area contributed by atoms with Gasteiger partial charge in [0.15, 0.2) is 0 Å². The molecule has 0 spiro atoms. The topological polar surface area (TPSA) is 126 Å². The van der Waals surface area contributed by atoms with Gasteiger partial charge in [-0.25, -0.2) is 0 Å². The average Bonchev–Trinajstić information content (AvgIpc) is 3.73. The Labute approximate surface area is 246 Å². The molecule has 3 amide bonds. The minimum Gasteiger partial charge on any atom is -0.368 e. The number of likely N-dealkylation sites (tertiary alicyclic amines) is 1. The van der Waals surface area contributed by atoms with Crippen molar-refractivity contribution < 1.29 is 19.1 Å². The zero-order valence-electron chi connectivity index (χ0n) is 22.9. The Morgan fingerprint density at radius 2 is 1.69 bits per heavy atom. The Hall–Kier alpha value is -4.41. The van der Waals surface area contributed by atoms with Crippen molar-refractivity contribution in [1.29, 1.82) is 0 Å². The molecule has 42 heavy (non-hydrogen) atoms. The van der Waals surface area contributed by atoms with E-state index in [9.17, 15) is 19.2 Å². The first-order valence-electron chi connectivity index (χ1n) is 13.8. The number of rotatable bonds is 7. The molecule has 6 rings (SSSR count). The molecule has 2 aromatic carbocycles. The summed E-state index contributed by atoms with van der Waals surface area (Å²) in [7, 11) is 1.54. The number of piperidine rings is 1. The van der Waals surface area contributed by atoms with Crippen molar-refractivity contribution in [2.75, 3.05) is 20.2 Å². The third kappa shape index (κ3) is 5.31. The molecule has 3 heterocycles. The van der Waals surface area contributed by atoms with Gasteiger partial charge in [0.25, 0.3) is 23.3 Å². The third-order valence-electron chi connectivity index (χ3n) is 8.14. The lowest BCUT2D eigenvalue weighted by Crippen LogP contribution is -2.62. The molecule has 0 bridgehead atoms. The van der Waals surface area contributed by atoms with E-state index in [-0.39, 0.29) is 29.8 Å². The molecule has 1 saturated carbocycles. The Morgan fingerprint density at radius 1 is 0.976 bits per heavy atom. The summed E-state index contributed by atoms with van der Waals surface area (Å²) in [5.41, 5.74) is 1.25. The SMILES string of the molecule is COC1(C(=O)N2CC[C@@H](NC(=O)c3ccc4c(Cl)c[nH]c4c3)[C@@H](NC(=O)c3ccc(-n4ccccc4=O)cc3)C2)CC1. The molecule has 0 radical (unpaired) electrons. The molecule has 2 aromatic heterocycles. The number of aromatic nitrogens is 2. The second-order valence-corrected chi connectivity index (χ2v) is 11.2. The van der Waals surface area contributed by atoms with E-state index < -0.39 is 17.7 Å². The van der Waals surface area contributed by atoms with E-state index >= 15 is 0 Å². The van der Waals surface area contributed by atoms with E-state index in [0.717, 1.165) is 10.9 Å². The molecule has 3 N–H and O–H groups in total. The molecule has 1 saturated heterocycles. The molecule has 0 unspecified atom stereocenters. The van der Waals surface area contributed by atoms with Crippen LogP contribution in [-0.2, 0) is 9.53 Å². The maximum absolute atomic E-state index is 13.4. The van der Waals surface area contributed by atoms with E-state index in [1.165, 1.54) is 10.6 Å². The fraction of sp³-hybridized carbons (Fsp3) is 0.290.